The molecule has 0 saturated heterocycles. The van der Waals surface area contributed by atoms with E-state index in [9.17, 15) is 14.4 Å². The van der Waals surface area contributed by atoms with Crippen molar-refractivity contribution in [1.82, 2.24) is 0 Å². The first-order valence-electron chi connectivity index (χ1n) is 8.91. The molecule has 0 unspecified atom stereocenters. The van der Waals surface area contributed by atoms with Gasteiger partial charge in [0, 0.05) is 29.7 Å². The Morgan fingerprint density at radius 2 is 1.64 bits per heavy atom. The maximum Gasteiger partial charge on any atom is 0.229 e. The number of benzene rings is 2. The predicted molar refractivity (Wildman–Crippen MR) is 110 cm³/mol. The van der Waals surface area contributed by atoms with Gasteiger partial charge in [-0.3, -0.25) is 14.4 Å². The van der Waals surface area contributed by atoms with Crippen LogP contribution in [0.25, 0.3) is 22.3 Å². The first-order chi connectivity index (χ1) is 13.1. The van der Waals surface area contributed by atoms with E-state index in [-0.39, 0.29) is 17.2 Å². The number of hydrogen-bond donors (Lipinski definition) is 2. The second-order valence-corrected chi connectivity index (χ2v) is 7.62. The van der Waals surface area contributed by atoms with Gasteiger partial charge in [0.2, 0.25) is 11.8 Å². The summed E-state index contributed by atoms with van der Waals surface area (Å²) in [5.41, 5.74) is 1.35. The van der Waals surface area contributed by atoms with Crippen molar-refractivity contribution in [2.75, 3.05) is 10.6 Å². The molecule has 0 fully saturated rings. The molecule has 6 nitrogen and oxygen atoms in total. The third kappa shape index (κ3) is 4.11. The number of amides is 2. The van der Waals surface area contributed by atoms with Crippen molar-refractivity contribution in [2.24, 2.45) is 5.41 Å². The zero-order valence-corrected chi connectivity index (χ0v) is 16.3. The SMILES string of the molecule is CC(=O)Nc1ccc(-c2cc(=O)c3c(NC(=O)C(C)(C)C)cccc3o2)cc1. The van der Waals surface area contributed by atoms with Crippen molar-refractivity contribution in [3.05, 3.63) is 58.8 Å². The van der Waals surface area contributed by atoms with Gasteiger partial charge in [0.15, 0.2) is 5.43 Å². The average Bonchev–Trinajstić information content (AvgIpc) is 2.61. The van der Waals surface area contributed by atoms with E-state index in [0.717, 1.165) is 0 Å². The molecule has 3 aromatic rings. The van der Waals surface area contributed by atoms with Crippen LogP contribution in [0, 0.1) is 5.41 Å². The summed E-state index contributed by atoms with van der Waals surface area (Å²) in [4.78, 5) is 36.2. The van der Waals surface area contributed by atoms with E-state index < -0.39 is 5.41 Å². The Bertz CT molecular complexity index is 1110. The van der Waals surface area contributed by atoms with Gasteiger partial charge in [0.25, 0.3) is 0 Å². The van der Waals surface area contributed by atoms with Gasteiger partial charge in [0.05, 0.1) is 11.1 Å². The molecule has 2 amide bonds. The number of carbonyl (C=O) groups excluding carboxylic acids is 2. The molecule has 0 spiro atoms. The molecule has 0 saturated carbocycles. The third-order valence-corrected chi connectivity index (χ3v) is 4.17. The standard InChI is InChI=1S/C22H22N2O4/c1-13(25)23-15-10-8-14(9-11-15)19-12-17(26)20-16(6-5-7-18(20)28-19)24-21(27)22(2,3)4/h5-12H,1-4H3,(H,23,25)(H,24,27). The molecule has 0 atom stereocenters. The van der Waals surface area contributed by atoms with Gasteiger partial charge in [0.1, 0.15) is 11.3 Å². The number of carbonyl (C=O) groups is 2. The van der Waals surface area contributed by atoms with Crippen LogP contribution >= 0.6 is 0 Å². The van der Waals surface area contributed by atoms with Crippen LogP contribution in [0.15, 0.2) is 57.7 Å². The molecule has 2 aromatic carbocycles. The lowest BCUT2D eigenvalue weighted by Gasteiger charge is -2.18. The van der Waals surface area contributed by atoms with Gasteiger partial charge in [-0.15, -0.1) is 0 Å². The highest BCUT2D eigenvalue weighted by atomic mass is 16.3. The summed E-state index contributed by atoms with van der Waals surface area (Å²) in [6.07, 6.45) is 0. The second-order valence-electron chi connectivity index (χ2n) is 7.62. The third-order valence-electron chi connectivity index (χ3n) is 4.17. The zero-order valence-electron chi connectivity index (χ0n) is 16.3. The van der Waals surface area contributed by atoms with Crippen LogP contribution in [0.3, 0.4) is 0 Å². The highest BCUT2D eigenvalue weighted by Gasteiger charge is 2.22. The summed E-state index contributed by atoms with van der Waals surface area (Å²) >= 11 is 0. The number of anilines is 2. The van der Waals surface area contributed by atoms with Gasteiger partial charge in [-0.1, -0.05) is 26.8 Å². The van der Waals surface area contributed by atoms with Crippen molar-refractivity contribution in [1.29, 1.82) is 0 Å². The van der Waals surface area contributed by atoms with Crippen LogP contribution in [0.5, 0.6) is 0 Å². The fourth-order valence-corrected chi connectivity index (χ4v) is 2.69. The average molecular weight is 378 g/mol. The zero-order chi connectivity index (χ0) is 20.5. The van der Waals surface area contributed by atoms with Gasteiger partial charge in [-0.05, 0) is 36.4 Å². The lowest BCUT2D eigenvalue weighted by atomic mass is 9.95. The summed E-state index contributed by atoms with van der Waals surface area (Å²) in [5.74, 6) is 0.0676. The van der Waals surface area contributed by atoms with Crippen molar-refractivity contribution in [3.63, 3.8) is 0 Å². The molecule has 1 aromatic heterocycles. The number of hydrogen-bond acceptors (Lipinski definition) is 4. The molecule has 1 heterocycles. The predicted octanol–water partition coefficient (Wildman–Crippen LogP) is 4.40. The monoisotopic (exact) mass is 378 g/mol. The minimum absolute atomic E-state index is 0.158. The van der Waals surface area contributed by atoms with Gasteiger partial charge >= 0.3 is 0 Å². The van der Waals surface area contributed by atoms with Crippen LogP contribution in [-0.2, 0) is 9.59 Å². The molecule has 0 aliphatic heterocycles. The molecule has 6 heteroatoms. The Morgan fingerprint density at radius 3 is 2.25 bits per heavy atom. The summed E-state index contributed by atoms with van der Waals surface area (Å²) in [5, 5.41) is 5.83. The van der Waals surface area contributed by atoms with Crippen molar-refractivity contribution >= 4 is 34.2 Å². The molecular weight excluding hydrogens is 356 g/mol. The van der Waals surface area contributed by atoms with E-state index in [1.807, 2.05) is 0 Å². The Morgan fingerprint density at radius 1 is 0.964 bits per heavy atom. The molecule has 3 rings (SSSR count). The second kappa shape index (κ2) is 7.31. The first kappa shape index (κ1) is 19.4. The van der Waals surface area contributed by atoms with E-state index >= 15 is 0 Å². The van der Waals surface area contributed by atoms with E-state index in [2.05, 4.69) is 10.6 Å². The van der Waals surface area contributed by atoms with Crippen LogP contribution < -0.4 is 16.1 Å². The van der Waals surface area contributed by atoms with Gasteiger partial charge in [-0.2, -0.15) is 0 Å². The summed E-state index contributed by atoms with van der Waals surface area (Å²) < 4.78 is 5.92. The largest absolute Gasteiger partial charge is 0.456 e. The molecular formula is C22H22N2O4. The molecule has 0 aliphatic carbocycles. The normalized spacial score (nSPS) is 11.3. The fraction of sp³-hybridized carbons (Fsp3) is 0.227. The van der Waals surface area contributed by atoms with E-state index in [4.69, 9.17) is 4.42 Å². The van der Waals surface area contributed by atoms with Crippen molar-refractivity contribution in [3.8, 4) is 11.3 Å². The Hall–Kier alpha value is -3.41. The Labute approximate surface area is 162 Å². The van der Waals surface area contributed by atoms with Crippen molar-refractivity contribution in [2.45, 2.75) is 27.7 Å². The van der Waals surface area contributed by atoms with Crippen LogP contribution in [0.4, 0.5) is 11.4 Å². The molecule has 0 radical (unpaired) electrons. The Balaban J connectivity index is 2.01. The maximum atomic E-state index is 12.8. The van der Waals surface area contributed by atoms with Crippen LogP contribution in [0.1, 0.15) is 27.7 Å². The highest BCUT2D eigenvalue weighted by Crippen LogP contribution is 2.28. The van der Waals surface area contributed by atoms with Crippen molar-refractivity contribution < 1.29 is 14.0 Å². The fourth-order valence-electron chi connectivity index (χ4n) is 2.69. The summed E-state index contributed by atoms with van der Waals surface area (Å²) in [6.45, 7) is 6.85. The van der Waals surface area contributed by atoms with E-state index in [0.29, 0.717) is 33.7 Å². The molecule has 144 valence electrons. The number of nitrogens with one attached hydrogen (secondary N) is 2. The lowest BCUT2D eigenvalue weighted by Crippen LogP contribution is -2.28. The minimum atomic E-state index is -0.585. The highest BCUT2D eigenvalue weighted by molar-refractivity contribution is 6.02. The topological polar surface area (TPSA) is 88.4 Å². The summed E-state index contributed by atoms with van der Waals surface area (Å²) in [6, 6.07) is 13.5. The first-order valence-corrected chi connectivity index (χ1v) is 8.91. The number of fused-ring (bicyclic) bond motifs is 1. The van der Waals surface area contributed by atoms with Gasteiger partial charge in [-0.25, -0.2) is 0 Å². The molecule has 28 heavy (non-hydrogen) atoms. The maximum absolute atomic E-state index is 12.8. The van der Waals surface area contributed by atoms with E-state index in [1.54, 1.807) is 63.2 Å². The molecule has 0 aliphatic rings. The van der Waals surface area contributed by atoms with Crippen LogP contribution in [-0.4, -0.2) is 11.8 Å². The molecule has 0 bridgehead atoms. The quantitative estimate of drug-likeness (QED) is 0.707. The van der Waals surface area contributed by atoms with Gasteiger partial charge < -0.3 is 15.1 Å². The Kier molecular flexibility index (Phi) is 5.05. The minimum Gasteiger partial charge on any atom is -0.456 e. The lowest BCUT2D eigenvalue weighted by molar-refractivity contribution is -0.123. The van der Waals surface area contributed by atoms with E-state index in [1.165, 1.54) is 13.0 Å². The number of rotatable bonds is 3. The van der Waals surface area contributed by atoms with Crippen LogP contribution in [0.2, 0.25) is 0 Å². The molecule has 2 N–H and O–H groups in total. The smallest absolute Gasteiger partial charge is 0.229 e. The summed E-state index contributed by atoms with van der Waals surface area (Å²) in [7, 11) is 0.